The second kappa shape index (κ2) is 4.50. The van der Waals surface area contributed by atoms with Crippen molar-refractivity contribution < 1.29 is 18.3 Å². The second-order valence-electron chi connectivity index (χ2n) is 5.32. The van der Waals surface area contributed by atoms with Crippen LogP contribution in [0.4, 0.5) is 0 Å². The fourth-order valence-corrected chi connectivity index (χ4v) is 4.11. The highest BCUT2D eigenvalue weighted by Crippen LogP contribution is 2.56. The van der Waals surface area contributed by atoms with Crippen LogP contribution in [0.25, 0.3) is 0 Å². The number of sulfonamides is 1. The van der Waals surface area contributed by atoms with E-state index >= 15 is 0 Å². The monoisotopic (exact) mass is 263 g/mol. The van der Waals surface area contributed by atoms with E-state index in [1.165, 1.54) is 7.11 Å². The SMILES string of the molecule is COCC(C)S(=O)(=O)NC1CC(O)C12CCC2. The number of hydrogen-bond donors (Lipinski definition) is 2. The number of aliphatic hydroxyl groups excluding tert-OH is 1. The third-order valence-corrected chi connectivity index (χ3v) is 6.15. The summed E-state index contributed by atoms with van der Waals surface area (Å²) in [6.45, 7) is 1.83. The molecule has 3 unspecified atom stereocenters. The molecule has 100 valence electrons. The molecule has 2 saturated carbocycles. The Morgan fingerprint density at radius 3 is 2.59 bits per heavy atom. The maximum absolute atomic E-state index is 12.0. The van der Waals surface area contributed by atoms with Gasteiger partial charge in [0.25, 0.3) is 0 Å². The largest absolute Gasteiger partial charge is 0.392 e. The van der Waals surface area contributed by atoms with Crippen molar-refractivity contribution in [3.8, 4) is 0 Å². The third-order valence-electron chi connectivity index (χ3n) is 4.34. The van der Waals surface area contributed by atoms with Crippen molar-refractivity contribution in [2.24, 2.45) is 5.41 Å². The van der Waals surface area contributed by atoms with E-state index < -0.39 is 15.3 Å². The first-order chi connectivity index (χ1) is 7.92. The number of nitrogens with one attached hydrogen (secondary N) is 1. The predicted molar refractivity (Wildman–Crippen MR) is 64.1 cm³/mol. The minimum Gasteiger partial charge on any atom is -0.392 e. The average Bonchev–Trinajstić information content (AvgIpc) is 2.14. The van der Waals surface area contributed by atoms with E-state index in [9.17, 15) is 13.5 Å². The Morgan fingerprint density at radius 1 is 1.53 bits per heavy atom. The molecule has 0 aromatic heterocycles. The van der Waals surface area contributed by atoms with Crippen LogP contribution in [-0.2, 0) is 14.8 Å². The molecule has 3 atom stereocenters. The molecule has 0 aliphatic heterocycles. The van der Waals surface area contributed by atoms with Crippen molar-refractivity contribution in [3.05, 3.63) is 0 Å². The molecule has 6 heteroatoms. The zero-order valence-corrected chi connectivity index (χ0v) is 11.2. The zero-order valence-electron chi connectivity index (χ0n) is 10.3. The lowest BCUT2D eigenvalue weighted by Gasteiger charge is -2.59. The molecule has 2 N–H and O–H groups in total. The van der Waals surface area contributed by atoms with Crippen LogP contribution >= 0.6 is 0 Å². The van der Waals surface area contributed by atoms with Gasteiger partial charge in [0, 0.05) is 18.6 Å². The van der Waals surface area contributed by atoms with Crippen molar-refractivity contribution in [3.63, 3.8) is 0 Å². The Morgan fingerprint density at radius 2 is 2.18 bits per heavy atom. The first-order valence-electron chi connectivity index (χ1n) is 6.10. The lowest BCUT2D eigenvalue weighted by molar-refractivity contribution is -0.138. The second-order valence-corrected chi connectivity index (χ2v) is 7.45. The molecule has 0 bridgehead atoms. The summed E-state index contributed by atoms with van der Waals surface area (Å²) in [7, 11) is -1.85. The first-order valence-corrected chi connectivity index (χ1v) is 7.65. The Labute approximate surface area is 103 Å². The van der Waals surface area contributed by atoms with Gasteiger partial charge in [0.15, 0.2) is 0 Å². The lowest BCUT2D eigenvalue weighted by atomic mass is 9.51. The maximum atomic E-state index is 12.0. The smallest absolute Gasteiger partial charge is 0.216 e. The van der Waals surface area contributed by atoms with Gasteiger partial charge in [-0.3, -0.25) is 0 Å². The van der Waals surface area contributed by atoms with Crippen molar-refractivity contribution in [1.82, 2.24) is 4.72 Å². The fourth-order valence-electron chi connectivity index (χ4n) is 2.84. The highest BCUT2D eigenvalue weighted by molar-refractivity contribution is 7.90. The highest BCUT2D eigenvalue weighted by atomic mass is 32.2. The third kappa shape index (κ3) is 2.12. The number of hydrogen-bond acceptors (Lipinski definition) is 4. The van der Waals surface area contributed by atoms with E-state index in [4.69, 9.17) is 4.74 Å². The Bertz CT molecular complexity index is 377. The summed E-state index contributed by atoms with van der Waals surface area (Å²) in [6, 6.07) is -0.0874. The molecule has 2 fully saturated rings. The highest BCUT2D eigenvalue weighted by Gasteiger charge is 2.58. The minimum atomic E-state index is -3.34. The van der Waals surface area contributed by atoms with E-state index in [1.54, 1.807) is 6.92 Å². The van der Waals surface area contributed by atoms with Crippen LogP contribution in [0.15, 0.2) is 0 Å². The van der Waals surface area contributed by atoms with Crippen LogP contribution in [0.2, 0.25) is 0 Å². The van der Waals surface area contributed by atoms with Gasteiger partial charge in [0.05, 0.1) is 18.0 Å². The molecule has 1 spiro atoms. The minimum absolute atomic E-state index is 0.0874. The normalized spacial score (nSPS) is 32.9. The van der Waals surface area contributed by atoms with Crippen LogP contribution in [0.3, 0.4) is 0 Å². The van der Waals surface area contributed by atoms with Gasteiger partial charge in [-0.05, 0) is 26.2 Å². The Kier molecular flexibility index (Phi) is 3.51. The number of methoxy groups -OCH3 is 1. The summed E-state index contributed by atoms with van der Waals surface area (Å²) in [5.41, 5.74) is -0.167. The molecule has 17 heavy (non-hydrogen) atoms. The molecule has 0 saturated heterocycles. The Hall–Kier alpha value is -0.170. The van der Waals surface area contributed by atoms with Gasteiger partial charge in [0.1, 0.15) is 0 Å². The molecule has 2 aliphatic rings. The van der Waals surface area contributed by atoms with Gasteiger partial charge < -0.3 is 9.84 Å². The average molecular weight is 263 g/mol. The molecule has 2 rings (SSSR count). The van der Waals surface area contributed by atoms with Crippen LogP contribution in [0.5, 0.6) is 0 Å². The standard InChI is InChI=1S/C11H21NO4S/c1-8(7-16-2)17(14,15)12-9-6-10(13)11(9)4-3-5-11/h8-10,12-13H,3-7H2,1-2H3. The van der Waals surface area contributed by atoms with Gasteiger partial charge in [-0.25, -0.2) is 13.1 Å². The van der Waals surface area contributed by atoms with Crippen molar-refractivity contribution >= 4 is 10.0 Å². The topological polar surface area (TPSA) is 75.6 Å². The van der Waals surface area contributed by atoms with Gasteiger partial charge in [-0.15, -0.1) is 0 Å². The summed E-state index contributed by atoms with van der Waals surface area (Å²) >= 11 is 0. The molecule has 0 aromatic rings. The van der Waals surface area contributed by atoms with Crippen LogP contribution in [0.1, 0.15) is 32.6 Å². The Balaban J connectivity index is 1.98. The number of rotatable bonds is 5. The molecule has 0 aromatic carbocycles. The fraction of sp³-hybridized carbons (Fsp3) is 1.00. The van der Waals surface area contributed by atoms with Gasteiger partial charge in [0.2, 0.25) is 10.0 Å². The zero-order chi connectivity index (χ0) is 12.7. The van der Waals surface area contributed by atoms with Crippen LogP contribution < -0.4 is 4.72 Å². The van der Waals surface area contributed by atoms with E-state index in [0.717, 1.165) is 19.3 Å². The molecule has 0 radical (unpaired) electrons. The van der Waals surface area contributed by atoms with E-state index in [0.29, 0.717) is 6.42 Å². The van der Waals surface area contributed by atoms with Crippen molar-refractivity contribution in [2.75, 3.05) is 13.7 Å². The summed E-state index contributed by atoms with van der Waals surface area (Å²) in [6.07, 6.45) is 3.16. The maximum Gasteiger partial charge on any atom is 0.216 e. The molecular weight excluding hydrogens is 242 g/mol. The van der Waals surface area contributed by atoms with Gasteiger partial charge in [-0.2, -0.15) is 0 Å². The van der Waals surface area contributed by atoms with E-state index in [2.05, 4.69) is 4.72 Å². The first kappa shape index (κ1) is 13.3. The molecule has 0 amide bonds. The lowest BCUT2D eigenvalue weighted by Crippen LogP contribution is -2.67. The summed E-state index contributed by atoms with van der Waals surface area (Å²) in [4.78, 5) is 0. The predicted octanol–water partition coefficient (Wildman–Crippen LogP) is 0.244. The van der Waals surface area contributed by atoms with E-state index in [1.807, 2.05) is 0 Å². The van der Waals surface area contributed by atoms with Gasteiger partial charge >= 0.3 is 0 Å². The van der Waals surface area contributed by atoms with E-state index in [-0.39, 0.29) is 24.2 Å². The summed E-state index contributed by atoms with van der Waals surface area (Å²) in [5.74, 6) is 0. The van der Waals surface area contributed by atoms with Crippen LogP contribution in [-0.4, -0.2) is 44.6 Å². The van der Waals surface area contributed by atoms with Gasteiger partial charge in [-0.1, -0.05) is 6.42 Å². The van der Waals surface area contributed by atoms with Crippen molar-refractivity contribution in [1.29, 1.82) is 0 Å². The van der Waals surface area contributed by atoms with Crippen LogP contribution in [0, 0.1) is 5.41 Å². The quantitative estimate of drug-likeness (QED) is 0.745. The van der Waals surface area contributed by atoms with Crippen molar-refractivity contribution in [2.45, 2.75) is 50.0 Å². The molecule has 5 nitrogen and oxygen atoms in total. The molecular formula is C11H21NO4S. The summed E-state index contributed by atoms with van der Waals surface area (Å²) < 4.78 is 31.6. The number of aliphatic hydroxyl groups is 1. The molecule has 2 aliphatic carbocycles. The number of ether oxygens (including phenoxy) is 1. The summed E-state index contributed by atoms with van der Waals surface area (Å²) in [5, 5.41) is 9.21. The molecule has 0 heterocycles.